The molecule has 0 aliphatic rings. The van der Waals surface area contributed by atoms with Crippen molar-refractivity contribution < 1.29 is 14.6 Å². The fraction of sp³-hybridized carbons (Fsp3) is 0.526. The molecule has 0 spiro atoms. The number of aliphatic imine (C=N–C) groups is 1. The molecule has 0 aliphatic heterocycles. The summed E-state index contributed by atoms with van der Waals surface area (Å²) in [7, 11) is 1.66. The third-order valence-electron chi connectivity index (χ3n) is 3.73. The second-order valence-corrected chi connectivity index (χ2v) is 6.92. The predicted molar refractivity (Wildman–Crippen MR) is 108 cm³/mol. The van der Waals surface area contributed by atoms with Gasteiger partial charge < -0.3 is 25.2 Å². The molecule has 1 heterocycles. The topological polar surface area (TPSA) is 75.1 Å². The maximum Gasteiger partial charge on any atom is 0.191 e. The SMILES string of the molecule is CCNC(=NCC(O)c1cc2ccccc2s1)NCCCOCCOC. The minimum Gasteiger partial charge on any atom is -0.386 e. The van der Waals surface area contributed by atoms with Gasteiger partial charge in [0, 0.05) is 36.4 Å². The Labute approximate surface area is 159 Å². The Morgan fingerprint density at radius 1 is 1.23 bits per heavy atom. The van der Waals surface area contributed by atoms with Gasteiger partial charge in [-0.1, -0.05) is 18.2 Å². The summed E-state index contributed by atoms with van der Waals surface area (Å²) in [6.45, 7) is 5.80. The average molecular weight is 380 g/mol. The van der Waals surface area contributed by atoms with E-state index in [1.54, 1.807) is 18.4 Å². The number of nitrogens with zero attached hydrogens (tertiary/aromatic N) is 1. The highest BCUT2D eigenvalue weighted by Crippen LogP contribution is 2.29. The Hall–Kier alpha value is -1.67. The standard InChI is InChI=1S/C19H29N3O3S/c1-3-20-19(21-9-6-10-25-12-11-24-2)22-14-16(23)18-13-15-7-4-5-8-17(15)26-18/h4-5,7-8,13,16,23H,3,6,9-12,14H2,1-2H3,(H2,20,21,22). The molecular formula is C19H29N3O3S. The zero-order valence-electron chi connectivity index (χ0n) is 15.5. The molecule has 26 heavy (non-hydrogen) atoms. The largest absolute Gasteiger partial charge is 0.386 e. The average Bonchev–Trinajstić information content (AvgIpc) is 3.09. The number of fused-ring (bicyclic) bond motifs is 1. The summed E-state index contributed by atoms with van der Waals surface area (Å²) < 4.78 is 11.6. The van der Waals surface area contributed by atoms with Crippen molar-refractivity contribution in [3.05, 3.63) is 35.2 Å². The van der Waals surface area contributed by atoms with E-state index in [0.717, 1.165) is 29.8 Å². The molecule has 2 aromatic rings. The van der Waals surface area contributed by atoms with Crippen LogP contribution in [0.1, 0.15) is 24.3 Å². The number of nitrogens with one attached hydrogen (secondary N) is 2. The molecule has 0 bridgehead atoms. The number of benzene rings is 1. The van der Waals surface area contributed by atoms with E-state index >= 15 is 0 Å². The van der Waals surface area contributed by atoms with Gasteiger partial charge in [0.25, 0.3) is 0 Å². The zero-order valence-corrected chi connectivity index (χ0v) is 16.3. The van der Waals surface area contributed by atoms with Gasteiger partial charge in [0.05, 0.1) is 19.8 Å². The van der Waals surface area contributed by atoms with Gasteiger partial charge in [-0.05, 0) is 30.9 Å². The summed E-state index contributed by atoms with van der Waals surface area (Å²) in [4.78, 5) is 5.44. The first-order valence-electron chi connectivity index (χ1n) is 9.00. The summed E-state index contributed by atoms with van der Waals surface area (Å²) in [5.41, 5.74) is 0. The summed E-state index contributed by atoms with van der Waals surface area (Å²) in [5, 5.41) is 18.1. The molecule has 1 unspecified atom stereocenters. The molecule has 1 aromatic heterocycles. The van der Waals surface area contributed by atoms with Crippen LogP contribution in [0.2, 0.25) is 0 Å². The van der Waals surface area contributed by atoms with Crippen molar-refractivity contribution in [1.82, 2.24) is 10.6 Å². The van der Waals surface area contributed by atoms with Crippen LogP contribution in [-0.2, 0) is 9.47 Å². The second kappa shape index (κ2) is 11.9. The molecule has 144 valence electrons. The van der Waals surface area contributed by atoms with Crippen LogP contribution in [0.5, 0.6) is 0 Å². The predicted octanol–water partition coefficient (Wildman–Crippen LogP) is 2.54. The van der Waals surface area contributed by atoms with E-state index in [1.807, 2.05) is 25.1 Å². The number of guanidine groups is 1. The van der Waals surface area contributed by atoms with E-state index < -0.39 is 6.10 Å². The van der Waals surface area contributed by atoms with Crippen molar-refractivity contribution in [2.45, 2.75) is 19.4 Å². The van der Waals surface area contributed by atoms with Crippen molar-refractivity contribution in [3.63, 3.8) is 0 Å². The molecule has 3 N–H and O–H groups in total. The first-order valence-corrected chi connectivity index (χ1v) is 9.81. The van der Waals surface area contributed by atoms with Gasteiger partial charge in [-0.3, -0.25) is 4.99 Å². The highest BCUT2D eigenvalue weighted by Gasteiger charge is 2.11. The van der Waals surface area contributed by atoms with Crippen molar-refractivity contribution in [1.29, 1.82) is 0 Å². The summed E-state index contributed by atoms with van der Waals surface area (Å²) in [5.74, 6) is 0.713. The van der Waals surface area contributed by atoms with Crippen LogP contribution < -0.4 is 10.6 Å². The van der Waals surface area contributed by atoms with Gasteiger partial charge in [-0.25, -0.2) is 0 Å². The van der Waals surface area contributed by atoms with Gasteiger partial charge in [0.2, 0.25) is 0 Å². The maximum atomic E-state index is 10.4. The Kier molecular flexibility index (Phi) is 9.41. The molecule has 0 saturated heterocycles. The van der Waals surface area contributed by atoms with E-state index in [9.17, 15) is 5.11 Å². The van der Waals surface area contributed by atoms with E-state index in [4.69, 9.17) is 9.47 Å². The molecule has 0 radical (unpaired) electrons. The number of aliphatic hydroxyl groups excluding tert-OH is 1. The highest BCUT2D eigenvalue weighted by atomic mass is 32.1. The lowest BCUT2D eigenvalue weighted by Gasteiger charge is -2.12. The Bertz CT molecular complexity index is 642. The molecule has 1 atom stereocenters. The molecule has 7 heteroatoms. The minimum atomic E-state index is -0.597. The number of methoxy groups -OCH3 is 1. The van der Waals surface area contributed by atoms with Crippen LogP contribution in [0.4, 0.5) is 0 Å². The first-order chi connectivity index (χ1) is 12.7. The van der Waals surface area contributed by atoms with Crippen molar-refractivity contribution in [2.24, 2.45) is 4.99 Å². The Morgan fingerprint density at radius 3 is 2.85 bits per heavy atom. The molecular weight excluding hydrogens is 350 g/mol. The Balaban J connectivity index is 1.79. The molecule has 0 fully saturated rings. The molecule has 2 rings (SSSR count). The molecule has 0 aliphatic carbocycles. The van der Waals surface area contributed by atoms with Gasteiger partial charge in [0.1, 0.15) is 6.10 Å². The highest BCUT2D eigenvalue weighted by molar-refractivity contribution is 7.19. The van der Waals surface area contributed by atoms with Gasteiger partial charge in [0.15, 0.2) is 5.96 Å². The van der Waals surface area contributed by atoms with Crippen LogP contribution in [-0.4, -0.2) is 57.6 Å². The van der Waals surface area contributed by atoms with Crippen LogP contribution in [0.25, 0.3) is 10.1 Å². The third kappa shape index (κ3) is 6.92. The fourth-order valence-corrected chi connectivity index (χ4v) is 3.44. The summed E-state index contributed by atoms with van der Waals surface area (Å²) in [6.07, 6.45) is 0.285. The molecule has 0 saturated carbocycles. The molecule has 1 aromatic carbocycles. The van der Waals surface area contributed by atoms with E-state index in [1.165, 1.54) is 4.70 Å². The van der Waals surface area contributed by atoms with Crippen LogP contribution >= 0.6 is 11.3 Å². The number of aliphatic hydroxyl groups is 1. The van der Waals surface area contributed by atoms with Crippen molar-refractivity contribution >= 4 is 27.4 Å². The smallest absolute Gasteiger partial charge is 0.191 e. The lowest BCUT2D eigenvalue weighted by molar-refractivity contribution is 0.0698. The van der Waals surface area contributed by atoms with Crippen LogP contribution in [0.3, 0.4) is 0 Å². The van der Waals surface area contributed by atoms with Gasteiger partial charge in [-0.15, -0.1) is 11.3 Å². The zero-order chi connectivity index (χ0) is 18.6. The quantitative estimate of drug-likeness (QED) is 0.318. The Morgan fingerprint density at radius 2 is 2.08 bits per heavy atom. The monoisotopic (exact) mass is 379 g/mol. The number of hydrogen-bond donors (Lipinski definition) is 3. The first kappa shape index (κ1) is 20.6. The molecule has 6 nitrogen and oxygen atoms in total. The second-order valence-electron chi connectivity index (χ2n) is 5.81. The number of hydrogen-bond acceptors (Lipinski definition) is 5. The fourth-order valence-electron chi connectivity index (χ4n) is 2.40. The number of ether oxygens (including phenoxy) is 2. The summed E-state index contributed by atoms with van der Waals surface area (Å²) in [6, 6.07) is 10.2. The van der Waals surface area contributed by atoms with Crippen LogP contribution in [0, 0.1) is 0 Å². The van der Waals surface area contributed by atoms with Gasteiger partial charge in [-0.2, -0.15) is 0 Å². The van der Waals surface area contributed by atoms with Crippen LogP contribution in [0.15, 0.2) is 35.3 Å². The molecule has 0 amide bonds. The minimum absolute atomic E-state index is 0.326. The van der Waals surface area contributed by atoms with E-state index in [0.29, 0.717) is 32.3 Å². The third-order valence-corrected chi connectivity index (χ3v) is 4.95. The summed E-state index contributed by atoms with van der Waals surface area (Å²) >= 11 is 1.61. The lowest BCUT2D eigenvalue weighted by Crippen LogP contribution is -2.38. The van der Waals surface area contributed by atoms with E-state index in [2.05, 4.69) is 27.8 Å². The van der Waals surface area contributed by atoms with Crippen molar-refractivity contribution in [3.8, 4) is 0 Å². The van der Waals surface area contributed by atoms with Crippen molar-refractivity contribution in [2.75, 3.05) is 46.6 Å². The van der Waals surface area contributed by atoms with Gasteiger partial charge >= 0.3 is 0 Å². The van der Waals surface area contributed by atoms with E-state index in [-0.39, 0.29) is 0 Å². The normalized spacial score (nSPS) is 13.1. The number of thiophene rings is 1. The lowest BCUT2D eigenvalue weighted by atomic mass is 10.2. The maximum absolute atomic E-state index is 10.4. The number of rotatable bonds is 11.